The Hall–Kier alpha value is -1.74. The van der Waals surface area contributed by atoms with Gasteiger partial charge >= 0.3 is 12.5 Å². The van der Waals surface area contributed by atoms with E-state index in [1.807, 2.05) is 0 Å². The average molecular weight is 293 g/mol. The lowest BCUT2D eigenvalue weighted by Gasteiger charge is -2.18. The third-order valence-corrected chi connectivity index (χ3v) is 1.92. The predicted molar refractivity (Wildman–Crippen MR) is 47.3 cm³/mol. The predicted octanol–water partition coefficient (Wildman–Crippen LogP) is 3.48. The molecular weight excluding hydrogens is 287 g/mol. The first-order valence-corrected chi connectivity index (χ1v) is 4.55. The number of methoxy groups -OCH3 is 1. The van der Waals surface area contributed by atoms with Crippen molar-refractivity contribution >= 4 is 0 Å². The van der Waals surface area contributed by atoms with Gasteiger partial charge in [-0.2, -0.15) is 13.2 Å². The molecule has 19 heavy (non-hydrogen) atoms. The molecule has 0 spiro atoms. The molecule has 1 aromatic rings. The maximum Gasteiger partial charge on any atom is 0.573 e. The van der Waals surface area contributed by atoms with E-state index in [4.69, 9.17) is 0 Å². The zero-order valence-corrected chi connectivity index (χ0v) is 9.19. The van der Waals surface area contributed by atoms with Gasteiger partial charge in [0.05, 0.1) is 7.11 Å². The van der Waals surface area contributed by atoms with Crippen LogP contribution in [0, 0.1) is 0 Å². The van der Waals surface area contributed by atoms with Gasteiger partial charge in [0.1, 0.15) is 17.9 Å². The smallest absolute Gasteiger partial charge is 0.491 e. The lowest BCUT2D eigenvalue weighted by Crippen LogP contribution is -2.21. The van der Waals surface area contributed by atoms with Crippen LogP contribution in [-0.4, -0.2) is 18.5 Å². The van der Waals surface area contributed by atoms with Crippen molar-refractivity contribution in [1.29, 1.82) is 0 Å². The van der Waals surface area contributed by atoms with E-state index in [0.29, 0.717) is 0 Å². The fourth-order valence-corrected chi connectivity index (χ4v) is 1.24. The van der Waals surface area contributed by atoms with E-state index in [0.717, 1.165) is 7.11 Å². The third kappa shape index (κ3) is 3.61. The monoisotopic (exact) mass is 293 g/mol. The van der Waals surface area contributed by atoms with Crippen LogP contribution in [0.3, 0.4) is 0 Å². The van der Waals surface area contributed by atoms with Crippen molar-refractivity contribution in [2.24, 2.45) is 0 Å². The SMILES string of the molecule is COc1c(CF)ncc(C(F)(F)F)c1OC(F)(F)F. The van der Waals surface area contributed by atoms with Crippen LogP contribution in [0.15, 0.2) is 6.20 Å². The summed E-state index contributed by atoms with van der Waals surface area (Å²) < 4.78 is 94.0. The highest BCUT2D eigenvalue weighted by atomic mass is 19.4. The lowest BCUT2D eigenvalue weighted by atomic mass is 10.2. The first-order chi connectivity index (χ1) is 8.60. The summed E-state index contributed by atoms with van der Waals surface area (Å²) in [5.41, 5.74) is -2.53. The van der Waals surface area contributed by atoms with E-state index >= 15 is 0 Å². The number of alkyl halides is 7. The van der Waals surface area contributed by atoms with Crippen molar-refractivity contribution in [2.75, 3.05) is 7.11 Å². The Bertz CT molecular complexity index is 455. The normalized spacial score (nSPS) is 12.4. The summed E-state index contributed by atoms with van der Waals surface area (Å²) in [6.45, 7) is -1.41. The second kappa shape index (κ2) is 5.10. The van der Waals surface area contributed by atoms with Crippen LogP contribution in [0.1, 0.15) is 11.3 Å². The molecule has 1 heterocycles. The zero-order chi connectivity index (χ0) is 14.8. The van der Waals surface area contributed by atoms with Crippen LogP contribution >= 0.6 is 0 Å². The maximum absolute atomic E-state index is 12.5. The summed E-state index contributed by atoms with van der Waals surface area (Å²) in [5.74, 6) is -2.71. The molecule has 0 aliphatic carbocycles. The Kier molecular flexibility index (Phi) is 4.11. The van der Waals surface area contributed by atoms with Gasteiger partial charge in [0, 0.05) is 6.20 Å². The number of aromatic nitrogens is 1. The molecule has 1 aromatic heterocycles. The van der Waals surface area contributed by atoms with Gasteiger partial charge in [-0.15, -0.1) is 13.2 Å². The zero-order valence-electron chi connectivity index (χ0n) is 9.19. The molecule has 0 N–H and O–H groups in total. The van der Waals surface area contributed by atoms with Crippen molar-refractivity contribution < 1.29 is 40.2 Å². The van der Waals surface area contributed by atoms with E-state index in [1.54, 1.807) is 0 Å². The molecular formula is C9H6F7NO2. The standard InChI is InChI=1S/C9H6F7NO2/c1-18-7-5(2-10)17-3-4(8(11,12)13)6(7)19-9(14,15)16/h3H,2H2,1H3. The quantitative estimate of drug-likeness (QED) is 0.800. The molecule has 108 valence electrons. The summed E-state index contributed by atoms with van der Waals surface area (Å²) in [5, 5.41) is 0. The third-order valence-electron chi connectivity index (χ3n) is 1.92. The van der Waals surface area contributed by atoms with Gasteiger partial charge in [-0.3, -0.25) is 4.98 Å². The Morgan fingerprint density at radius 3 is 2.05 bits per heavy atom. The number of hydrogen-bond donors (Lipinski definition) is 0. The fourth-order valence-electron chi connectivity index (χ4n) is 1.24. The highest BCUT2D eigenvalue weighted by molar-refractivity contribution is 5.49. The van der Waals surface area contributed by atoms with Gasteiger partial charge in [0.25, 0.3) is 0 Å². The molecule has 0 atom stereocenters. The minimum absolute atomic E-state index is 0.0541. The van der Waals surface area contributed by atoms with Crippen LogP contribution in [0.4, 0.5) is 30.7 Å². The summed E-state index contributed by atoms with van der Waals surface area (Å²) in [6.07, 6.45) is -10.5. The van der Waals surface area contributed by atoms with E-state index in [2.05, 4.69) is 14.5 Å². The number of nitrogens with zero attached hydrogens (tertiary/aromatic N) is 1. The van der Waals surface area contributed by atoms with Crippen LogP contribution in [-0.2, 0) is 12.9 Å². The van der Waals surface area contributed by atoms with Gasteiger partial charge < -0.3 is 9.47 Å². The largest absolute Gasteiger partial charge is 0.573 e. The number of pyridine rings is 1. The van der Waals surface area contributed by atoms with Gasteiger partial charge in [0.2, 0.25) is 0 Å². The van der Waals surface area contributed by atoms with Crippen molar-refractivity contribution in [3.63, 3.8) is 0 Å². The van der Waals surface area contributed by atoms with E-state index < -0.39 is 42.0 Å². The molecule has 0 fully saturated rings. The van der Waals surface area contributed by atoms with E-state index in [-0.39, 0.29) is 6.20 Å². The van der Waals surface area contributed by atoms with Crippen LogP contribution < -0.4 is 9.47 Å². The van der Waals surface area contributed by atoms with Crippen LogP contribution in [0.25, 0.3) is 0 Å². The fraction of sp³-hybridized carbons (Fsp3) is 0.444. The molecule has 0 saturated heterocycles. The Balaban J connectivity index is 3.49. The molecule has 0 aliphatic rings. The number of hydrogen-bond acceptors (Lipinski definition) is 3. The summed E-state index contributed by atoms with van der Waals surface area (Å²) in [4.78, 5) is 3.06. The van der Waals surface area contributed by atoms with E-state index in [1.165, 1.54) is 0 Å². The van der Waals surface area contributed by atoms with Crippen molar-refractivity contribution in [3.05, 3.63) is 17.5 Å². The molecule has 1 rings (SSSR count). The molecule has 10 heteroatoms. The van der Waals surface area contributed by atoms with Crippen molar-refractivity contribution in [3.8, 4) is 11.5 Å². The Morgan fingerprint density at radius 1 is 1.11 bits per heavy atom. The minimum Gasteiger partial charge on any atom is -0.491 e. The molecule has 0 saturated carbocycles. The molecule has 0 aromatic carbocycles. The Morgan fingerprint density at radius 2 is 1.68 bits per heavy atom. The van der Waals surface area contributed by atoms with E-state index in [9.17, 15) is 30.7 Å². The maximum atomic E-state index is 12.5. The van der Waals surface area contributed by atoms with Crippen LogP contribution in [0.2, 0.25) is 0 Å². The average Bonchev–Trinajstić information content (AvgIpc) is 2.24. The van der Waals surface area contributed by atoms with Crippen molar-refractivity contribution in [1.82, 2.24) is 4.98 Å². The summed E-state index contributed by atoms with van der Waals surface area (Å²) >= 11 is 0. The van der Waals surface area contributed by atoms with Gasteiger partial charge in [-0.05, 0) is 0 Å². The molecule has 0 amide bonds. The molecule has 0 bridgehead atoms. The summed E-state index contributed by atoms with van der Waals surface area (Å²) in [7, 11) is 0.777. The number of rotatable bonds is 3. The Labute approximate surface area is 101 Å². The second-order valence-corrected chi connectivity index (χ2v) is 3.16. The van der Waals surface area contributed by atoms with Gasteiger partial charge in [-0.1, -0.05) is 0 Å². The second-order valence-electron chi connectivity index (χ2n) is 3.16. The van der Waals surface area contributed by atoms with Crippen LogP contribution in [0.5, 0.6) is 11.5 Å². The van der Waals surface area contributed by atoms with Gasteiger partial charge in [0.15, 0.2) is 11.5 Å². The molecule has 3 nitrogen and oxygen atoms in total. The highest BCUT2D eigenvalue weighted by Gasteiger charge is 2.42. The first-order valence-electron chi connectivity index (χ1n) is 4.55. The number of halogens is 7. The summed E-state index contributed by atoms with van der Waals surface area (Å²) in [6, 6.07) is 0. The number of ether oxygens (including phenoxy) is 2. The molecule has 0 unspecified atom stereocenters. The topological polar surface area (TPSA) is 31.4 Å². The highest BCUT2D eigenvalue weighted by Crippen LogP contribution is 2.44. The van der Waals surface area contributed by atoms with Gasteiger partial charge in [-0.25, -0.2) is 4.39 Å². The molecule has 0 radical (unpaired) electrons. The first kappa shape index (κ1) is 15.3. The molecule has 0 aliphatic heterocycles. The van der Waals surface area contributed by atoms with Crippen molar-refractivity contribution in [2.45, 2.75) is 19.2 Å². The minimum atomic E-state index is -5.39. The lowest BCUT2D eigenvalue weighted by molar-refractivity contribution is -0.276.